The first-order valence-electron chi connectivity index (χ1n) is 4.84. The maximum Gasteiger partial charge on any atom is 0.360 e. The molecule has 0 fully saturated rings. The molecule has 5 heteroatoms. The molecule has 0 saturated heterocycles. The quantitative estimate of drug-likeness (QED) is 0.736. The third kappa shape index (κ3) is 2.08. The number of pyridine rings is 1. The Hall–Kier alpha value is -2.17. The number of aromatic nitrogens is 2. The molecule has 2 heterocycles. The molecule has 16 heavy (non-hydrogen) atoms. The summed E-state index contributed by atoms with van der Waals surface area (Å²) in [6, 6.07) is 3.50. The second-order valence-electron chi connectivity index (χ2n) is 2.99. The largest absolute Gasteiger partial charge is 0.461 e. The van der Waals surface area contributed by atoms with Crippen molar-refractivity contribution in [2.45, 2.75) is 6.92 Å². The van der Waals surface area contributed by atoms with Crippen molar-refractivity contribution >= 4 is 5.97 Å². The van der Waals surface area contributed by atoms with Crippen molar-refractivity contribution in [2.24, 2.45) is 0 Å². The van der Waals surface area contributed by atoms with E-state index in [9.17, 15) is 4.79 Å². The Labute approximate surface area is 92.1 Å². The van der Waals surface area contributed by atoms with Crippen LogP contribution in [0.4, 0.5) is 0 Å². The van der Waals surface area contributed by atoms with E-state index in [1.54, 1.807) is 31.5 Å². The molecule has 2 aromatic heterocycles. The highest BCUT2D eigenvalue weighted by atomic mass is 16.5. The van der Waals surface area contributed by atoms with Crippen LogP contribution < -0.4 is 0 Å². The Kier molecular flexibility index (Phi) is 2.95. The summed E-state index contributed by atoms with van der Waals surface area (Å²) in [5.41, 5.74) is 0.944. The van der Waals surface area contributed by atoms with Crippen molar-refractivity contribution in [1.82, 2.24) is 9.97 Å². The zero-order chi connectivity index (χ0) is 11.4. The molecule has 0 spiro atoms. The lowest BCUT2D eigenvalue weighted by Gasteiger charge is -1.95. The maximum atomic E-state index is 11.3. The predicted molar refractivity (Wildman–Crippen MR) is 55.7 cm³/mol. The van der Waals surface area contributed by atoms with Crippen LogP contribution in [0.25, 0.3) is 11.5 Å². The predicted octanol–water partition coefficient (Wildman–Crippen LogP) is 1.91. The maximum absolute atomic E-state index is 11.3. The minimum absolute atomic E-state index is 0.175. The zero-order valence-corrected chi connectivity index (χ0v) is 8.71. The van der Waals surface area contributed by atoms with Gasteiger partial charge < -0.3 is 9.15 Å². The van der Waals surface area contributed by atoms with Gasteiger partial charge in [0.2, 0.25) is 5.89 Å². The molecule has 0 aliphatic rings. The summed E-state index contributed by atoms with van der Waals surface area (Å²) in [5, 5.41) is 0. The van der Waals surface area contributed by atoms with E-state index in [1.807, 2.05) is 0 Å². The Morgan fingerprint density at radius 1 is 1.44 bits per heavy atom. The standard InChI is InChI=1S/C11H10N2O3/c1-2-15-11(14)9-7-16-10(13-9)8-3-5-12-6-4-8/h3-7H,2H2,1H3. The van der Waals surface area contributed by atoms with Crippen molar-refractivity contribution in [3.05, 3.63) is 36.5 Å². The van der Waals surface area contributed by atoms with E-state index in [1.165, 1.54) is 6.26 Å². The number of ether oxygens (including phenoxy) is 1. The van der Waals surface area contributed by atoms with Crippen molar-refractivity contribution in [2.75, 3.05) is 6.61 Å². The van der Waals surface area contributed by atoms with E-state index < -0.39 is 5.97 Å². The Balaban J connectivity index is 2.23. The van der Waals surface area contributed by atoms with Gasteiger partial charge in [-0.2, -0.15) is 0 Å². The highest BCUT2D eigenvalue weighted by molar-refractivity contribution is 5.87. The first-order valence-corrected chi connectivity index (χ1v) is 4.84. The lowest BCUT2D eigenvalue weighted by Crippen LogP contribution is -2.04. The summed E-state index contributed by atoms with van der Waals surface area (Å²) in [5.74, 6) is -0.1000. The summed E-state index contributed by atoms with van der Waals surface area (Å²) in [6.07, 6.45) is 4.54. The Morgan fingerprint density at radius 3 is 2.88 bits per heavy atom. The van der Waals surface area contributed by atoms with E-state index in [4.69, 9.17) is 9.15 Å². The normalized spacial score (nSPS) is 10.1. The van der Waals surface area contributed by atoms with Gasteiger partial charge in [0.05, 0.1) is 6.61 Å². The number of carbonyl (C=O) groups is 1. The first kappa shape index (κ1) is 10.4. The number of carbonyl (C=O) groups excluding carboxylic acids is 1. The van der Waals surface area contributed by atoms with Crippen LogP contribution in [-0.4, -0.2) is 22.5 Å². The van der Waals surface area contributed by atoms with Gasteiger partial charge in [-0.25, -0.2) is 9.78 Å². The van der Waals surface area contributed by atoms with Crippen LogP contribution in [0.5, 0.6) is 0 Å². The molecule has 0 N–H and O–H groups in total. The van der Waals surface area contributed by atoms with E-state index in [0.29, 0.717) is 12.5 Å². The minimum Gasteiger partial charge on any atom is -0.461 e. The third-order valence-corrected chi connectivity index (χ3v) is 1.92. The SMILES string of the molecule is CCOC(=O)c1coc(-c2ccncc2)n1. The molecule has 5 nitrogen and oxygen atoms in total. The van der Waals surface area contributed by atoms with Gasteiger partial charge >= 0.3 is 5.97 Å². The zero-order valence-electron chi connectivity index (χ0n) is 8.71. The summed E-state index contributed by atoms with van der Waals surface area (Å²) in [4.78, 5) is 19.2. The lowest BCUT2D eigenvalue weighted by molar-refractivity contribution is 0.0519. The van der Waals surface area contributed by atoms with E-state index in [-0.39, 0.29) is 5.69 Å². The average Bonchev–Trinajstić information content (AvgIpc) is 2.80. The third-order valence-electron chi connectivity index (χ3n) is 1.92. The average molecular weight is 218 g/mol. The number of esters is 1. The number of hydrogen-bond acceptors (Lipinski definition) is 5. The lowest BCUT2D eigenvalue weighted by atomic mass is 10.3. The molecular weight excluding hydrogens is 208 g/mol. The van der Waals surface area contributed by atoms with Gasteiger partial charge in [0, 0.05) is 18.0 Å². The van der Waals surface area contributed by atoms with E-state index in [0.717, 1.165) is 5.56 Å². The van der Waals surface area contributed by atoms with Gasteiger partial charge in [-0.3, -0.25) is 4.98 Å². The van der Waals surface area contributed by atoms with Gasteiger partial charge in [0.15, 0.2) is 5.69 Å². The van der Waals surface area contributed by atoms with Crippen molar-refractivity contribution in [3.8, 4) is 11.5 Å². The molecule has 0 aliphatic heterocycles. The van der Waals surface area contributed by atoms with Crippen LogP contribution in [0.15, 0.2) is 35.2 Å². The summed E-state index contributed by atoms with van der Waals surface area (Å²) >= 11 is 0. The summed E-state index contributed by atoms with van der Waals surface area (Å²) in [6.45, 7) is 2.05. The Bertz CT molecular complexity index is 479. The monoisotopic (exact) mass is 218 g/mol. The second-order valence-corrected chi connectivity index (χ2v) is 2.99. The van der Waals surface area contributed by atoms with Crippen molar-refractivity contribution in [1.29, 1.82) is 0 Å². The fraction of sp³-hybridized carbons (Fsp3) is 0.182. The summed E-state index contributed by atoms with van der Waals surface area (Å²) in [7, 11) is 0. The molecule has 0 unspecified atom stereocenters. The van der Waals surface area contributed by atoms with Crippen LogP contribution in [0.1, 0.15) is 17.4 Å². The number of hydrogen-bond donors (Lipinski definition) is 0. The van der Waals surface area contributed by atoms with Crippen LogP contribution in [0, 0.1) is 0 Å². The number of nitrogens with zero attached hydrogens (tertiary/aromatic N) is 2. The smallest absolute Gasteiger partial charge is 0.360 e. The van der Waals surface area contributed by atoms with E-state index >= 15 is 0 Å². The molecule has 0 bridgehead atoms. The van der Waals surface area contributed by atoms with Crippen molar-refractivity contribution in [3.63, 3.8) is 0 Å². The molecule has 0 aliphatic carbocycles. The van der Waals surface area contributed by atoms with Gasteiger partial charge in [0.25, 0.3) is 0 Å². The molecule has 0 atom stereocenters. The minimum atomic E-state index is -0.480. The van der Waals surface area contributed by atoms with Gasteiger partial charge in [-0.1, -0.05) is 0 Å². The highest BCUT2D eigenvalue weighted by Crippen LogP contribution is 2.17. The fourth-order valence-corrected chi connectivity index (χ4v) is 1.20. The highest BCUT2D eigenvalue weighted by Gasteiger charge is 2.13. The van der Waals surface area contributed by atoms with Gasteiger partial charge in [-0.15, -0.1) is 0 Å². The molecule has 2 rings (SSSR count). The molecule has 0 aromatic carbocycles. The van der Waals surface area contributed by atoms with Crippen LogP contribution in [0.2, 0.25) is 0 Å². The van der Waals surface area contributed by atoms with E-state index in [2.05, 4.69) is 9.97 Å². The van der Waals surface area contributed by atoms with Crippen LogP contribution in [-0.2, 0) is 4.74 Å². The van der Waals surface area contributed by atoms with Gasteiger partial charge in [-0.05, 0) is 19.1 Å². The van der Waals surface area contributed by atoms with Crippen LogP contribution in [0.3, 0.4) is 0 Å². The molecule has 0 amide bonds. The molecule has 82 valence electrons. The molecular formula is C11H10N2O3. The summed E-state index contributed by atoms with van der Waals surface area (Å²) < 4.78 is 9.98. The van der Waals surface area contributed by atoms with Gasteiger partial charge in [0.1, 0.15) is 6.26 Å². The van der Waals surface area contributed by atoms with Crippen molar-refractivity contribution < 1.29 is 13.9 Å². The first-order chi connectivity index (χ1) is 7.81. The fourth-order valence-electron chi connectivity index (χ4n) is 1.20. The molecule has 0 radical (unpaired) electrons. The van der Waals surface area contributed by atoms with Crippen LogP contribution >= 0.6 is 0 Å². The topological polar surface area (TPSA) is 65.2 Å². The molecule has 0 saturated carbocycles. The number of oxazole rings is 1. The Morgan fingerprint density at radius 2 is 2.19 bits per heavy atom. The molecule has 2 aromatic rings. The second kappa shape index (κ2) is 4.57. The number of rotatable bonds is 3.